The highest BCUT2D eigenvalue weighted by atomic mass is 16.5. The summed E-state index contributed by atoms with van der Waals surface area (Å²) in [6.07, 6.45) is 0. The molecule has 2 saturated heterocycles. The second-order valence-electron chi connectivity index (χ2n) is 5.94. The van der Waals surface area contributed by atoms with Gasteiger partial charge in [-0.1, -0.05) is 6.07 Å². The van der Waals surface area contributed by atoms with Crippen molar-refractivity contribution in [2.45, 2.75) is 12.1 Å². The van der Waals surface area contributed by atoms with Crippen molar-refractivity contribution < 1.29 is 24.2 Å². The molecule has 1 aromatic rings. The van der Waals surface area contributed by atoms with Gasteiger partial charge in [0.15, 0.2) is 11.5 Å². The Morgan fingerprint density at radius 1 is 1.25 bits per heavy atom. The number of fused-ring (bicyclic) bond motifs is 1. The van der Waals surface area contributed by atoms with Crippen LogP contribution >= 0.6 is 0 Å². The molecule has 8 nitrogen and oxygen atoms in total. The fourth-order valence-electron chi connectivity index (χ4n) is 3.42. The van der Waals surface area contributed by atoms with Crippen LogP contribution in [0.5, 0.6) is 11.5 Å². The fourth-order valence-corrected chi connectivity index (χ4v) is 3.42. The summed E-state index contributed by atoms with van der Waals surface area (Å²) in [4.78, 5) is 26.6. The summed E-state index contributed by atoms with van der Waals surface area (Å²) in [5.74, 6) is -0.594. The van der Waals surface area contributed by atoms with Crippen molar-refractivity contribution in [2.75, 3.05) is 34.4 Å². The van der Waals surface area contributed by atoms with Crippen LogP contribution in [0.15, 0.2) is 18.2 Å². The summed E-state index contributed by atoms with van der Waals surface area (Å²) in [6, 6.07) is 4.02. The molecule has 24 heavy (non-hydrogen) atoms. The number of hydrogen-bond donors (Lipinski definition) is 2. The molecule has 8 heteroatoms. The van der Waals surface area contributed by atoms with E-state index in [4.69, 9.17) is 9.47 Å². The molecule has 130 valence electrons. The van der Waals surface area contributed by atoms with Crippen molar-refractivity contribution in [3.63, 3.8) is 0 Å². The molecular weight excluding hydrogens is 314 g/mol. The normalized spacial score (nSPS) is 27.0. The number of methoxy groups -OCH3 is 2. The van der Waals surface area contributed by atoms with Crippen molar-refractivity contribution >= 4 is 11.8 Å². The molecule has 2 N–H and O–H groups in total. The third kappa shape index (κ3) is 2.52. The molecule has 0 saturated carbocycles. The Morgan fingerprint density at radius 3 is 2.67 bits per heavy atom. The third-order valence-electron chi connectivity index (χ3n) is 4.61. The molecule has 0 spiro atoms. The molecule has 0 aromatic heterocycles. The first-order valence-electron chi connectivity index (χ1n) is 7.69. The lowest BCUT2D eigenvalue weighted by Crippen LogP contribution is -2.43. The van der Waals surface area contributed by atoms with E-state index < -0.39 is 12.0 Å². The lowest BCUT2D eigenvalue weighted by atomic mass is 9.91. The van der Waals surface area contributed by atoms with Crippen LogP contribution in [0.25, 0.3) is 0 Å². The number of hydrogen-bond acceptors (Lipinski definition) is 7. The van der Waals surface area contributed by atoms with E-state index in [9.17, 15) is 14.7 Å². The summed E-state index contributed by atoms with van der Waals surface area (Å²) in [7, 11) is 4.75. The average Bonchev–Trinajstić information content (AvgIpc) is 3.03. The molecule has 0 radical (unpaired) electrons. The largest absolute Gasteiger partial charge is 0.504 e. The van der Waals surface area contributed by atoms with E-state index in [2.05, 4.69) is 5.43 Å². The van der Waals surface area contributed by atoms with Gasteiger partial charge in [0.25, 0.3) is 0 Å². The maximum Gasteiger partial charge on any atom is 0.248 e. The Bertz CT molecular complexity index is 665. The first-order valence-corrected chi connectivity index (χ1v) is 7.69. The zero-order valence-corrected chi connectivity index (χ0v) is 13.9. The van der Waals surface area contributed by atoms with E-state index in [1.54, 1.807) is 24.2 Å². The number of benzene rings is 1. The number of amides is 2. The van der Waals surface area contributed by atoms with Crippen LogP contribution in [0.2, 0.25) is 0 Å². The quantitative estimate of drug-likeness (QED) is 0.726. The number of rotatable bonds is 5. The van der Waals surface area contributed by atoms with Gasteiger partial charge in [-0.05, 0) is 17.7 Å². The first kappa shape index (κ1) is 16.7. The zero-order valence-electron chi connectivity index (χ0n) is 13.9. The van der Waals surface area contributed by atoms with Crippen molar-refractivity contribution in [3.05, 3.63) is 23.8 Å². The Kier molecular flexibility index (Phi) is 4.44. The Balaban J connectivity index is 1.92. The van der Waals surface area contributed by atoms with Crippen LogP contribution < -0.4 is 10.2 Å². The smallest absolute Gasteiger partial charge is 0.248 e. The number of ether oxygens (including phenoxy) is 2. The molecule has 1 aromatic carbocycles. The maximum atomic E-state index is 12.8. The van der Waals surface area contributed by atoms with Gasteiger partial charge in [-0.15, -0.1) is 0 Å². The van der Waals surface area contributed by atoms with Crippen LogP contribution in [-0.4, -0.2) is 67.3 Å². The number of phenols is 1. The predicted molar refractivity (Wildman–Crippen MR) is 84.2 cm³/mol. The Labute approximate surface area is 139 Å². The van der Waals surface area contributed by atoms with Crippen molar-refractivity contribution in [3.8, 4) is 11.5 Å². The third-order valence-corrected chi connectivity index (χ3v) is 4.61. The highest BCUT2D eigenvalue weighted by Gasteiger charge is 2.57. The molecule has 2 aliphatic heterocycles. The highest BCUT2D eigenvalue weighted by Crippen LogP contribution is 2.41. The van der Waals surface area contributed by atoms with Gasteiger partial charge in [0.05, 0.1) is 32.2 Å². The number of nitrogens with one attached hydrogen (secondary N) is 1. The Hall–Kier alpha value is -2.16. The average molecular weight is 335 g/mol. The van der Waals surface area contributed by atoms with E-state index in [-0.39, 0.29) is 30.2 Å². The van der Waals surface area contributed by atoms with Gasteiger partial charge in [-0.3, -0.25) is 14.5 Å². The second kappa shape index (κ2) is 6.39. The van der Waals surface area contributed by atoms with Gasteiger partial charge < -0.3 is 14.6 Å². The number of aromatic hydroxyl groups is 1. The molecule has 3 atom stereocenters. The van der Waals surface area contributed by atoms with Crippen molar-refractivity contribution in [1.82, 2.24) is 15.3 Å². The number of nitrogens with zero attached hydrogens (tertiary/aromatic N) is 2. The molecule has 2 heterocycles. The Morgan fingerprint density at radius 2 is 2.00 bits per heavy atom. The van der Waals surface area contributed by atoms with Gasteiger partial charge in [0, 0.05) is 14.2 Å². The van der Waals surface area contributed by atoms with E-state index in [0.29, 0.717) is 12.4 Å². The summed E-state index contributed by atoms with van der Waals surface area (Å²) in [5, 5.41) is 11.4. The minimum atomic E-state index is -0.542. The minimum absolute atomic E-state index is 0.0275. The summed E-state index contributed by atoms with van der Waals surface area (Å²) < 4.78 is 10.1. The minimum Gasteiger partial charge on any atom is -0.504 e. The monoisotopic (exact) mass is 335 g/mol. The number of likely N-dealkylation sites (tertiary alicyclic amines) is 1. The fraction of sp³-hybridized carbons (Fsp3) is 0.500. The lowest BCUT2D eigenvalue weighted by Gasteiger charge is -2.22. The predicted octanol–water partition coefficient (Wildman–Crippen LogP) is -0.108. The topological polar surface area (TPSA) is 91.3 Å². The number of carbonyl (C=O) groups excluding carboxylic acids is 2. The van der Waals surface area contributed by atoms with Crippen molar-refractivity contribution in [1.29, 1.82) is 0 Å². The molecule has 0 bridgehead atoms. The molecule has 2 amide bonds. The molecule has 3 unspecified atom stereocenters. The molecule has 3 rings (SSSR count). The van der Waals surface area contributed by atoms with Crippen LogP contribution in [0.3, 0.4) is 0 Å². The van der Waals surface area contributed by atoms with Crippen LogP contribution in [0.4, 0.5) is 0 Å². The van der Waals surface area contributed by atoms with E-state index in [1.807, 2.05) is 0 Å². The summed E-state index contributed by atoms with van der Waals surface area (Å²) in [5.41, 5.74) is 3.95. The lowest BCUT2D eigenvalue weighted by molar-refractivity contribution is -0.142. The van der Waals surface area contributed by atoms with E-state index in [0.717, 1.165) is 5.56 Å². The number of likely N-dealkylation sites (N-methyl/N-ethyl adjacent to an activating group) is 1. The van der Waals surface area contributed by atoms with Crippen molar-refractivity contribution in [2.24, 2.45) is 5.92 Å². The SMILES string of the molecule is COCCN1C(=O)C2C(c3ccc(O)c(OC)c3)NN(C)C2C1=O. The van der Waals surface area contributed by atoms with Gasteiger partial charge in [0.2, 0.25) is 11.8 Å². The van der Waals surface area contributed by atoms with Crippen LogP contribution in [0, 0.1) is 5.92 Å². The maximum absolute atomic E-state index is 12.8. The number of imide groups is 1. The van der Waals surface area contributed by atoms with E-state index >= 15 is 0 Å². The number of phenolic OH excluding ortho intramolecular Hbond substituents is 1. The number of hydrazine groups is 1. The van der Waals surface area contributed by atoms with Crippen LogP contribution in [0.1, 0.15) is 11.6 Å². The van der Waals surface area contributed by atoms with Gasteiger partial charge in [-0.25, -0.2) is 10.4 Å². The highest BCUT2D eigenvalue weighted by molar-refractivity contribution is 6.07. The van der Waals surface area contributed by atoms with Crippen LogP contribution in [-0.2, 0) is 14.3 Å². The van der Waals surface area contributed by atoms with Gasteiger partial charge >= 0.3 is 0 Å². The number of carbonyl (C=O) groups is 2. The first-order chi connectivity index (χ1) is 11.5. The summed E-state index contributed by atoms with van der Waals surface area (Å²) >= 11 is 0. The second-order valence-corrected chi connectivity index (χ2v) is 5.94. The zero-order chi connectivity index (χ0) is 17.4. The van der Waals surface area contributed by atoms with E-state index in [1.165, 1.54) is 25.2 Å². The van der Waals surface area contributed by atoms with Gasteiger partial charge in [0.1, 0.15) is 6.04 Å². The molecule has 2 aliphatic rings. The molecular formula is C16H21N3O5. The molecule has 2 fully saturated rings. The summed E-state index contributed by atoms with van der Waals surface area (Å²) in [6.45, 7) is 0.562. The van der Waals surface area contributed by atoms with Gasteiger partial charge in [-0.2, -0.15) is 0 Å². The standard InChI is InChI=1S/C16H21N3O5/c1-18-14-12(15(21)19(16(14)22)6-7-23-2)13(17-18)9-4-5-10(20)11(8-9)24-3/h4-5,8,12-14,17,20H,6-7H2,1-3H3. The molecule has 0 aliphatic carbocycles.